The number of carbonyl (C=O) groups excluding carboxylic acids is 3. The molecule has 11 nitrogen and oxygen atoms in total. The van der Waals surface area contributed by atoms with Gasteiger partial charge in [0.1, 0.15) is 6.04 Å². The minimum atomic E-state index is -3.55. The van der Waals surface area contributed by atoms with Crippen LogP contribution < -0.4 is 11.0 Å². The summed E-state index contributed by atoms with van der Waals surface area (Å²) in [7, 11) is -3.55. The number of nitrogens with zero attached hydrogens (tertiary/aromatic N) is 4. The van der Waals surface area contributed by atoms with E-state index < -0.39 is 45.0 Å². The molecule has 2 atom stereocenters. The molecule has 1 fully saturated rings. The van der Waals surface area contributed by atoms with E-state index in [2.05, 4.69) is 10.3 Å². The molecule has 4 rings (SSSR count). The third-order valence-electron chi connectivity index (χ3n) is 6.75. The average Bonchev–Trinajstić information content (AvgIpc) is 3.46. The van der Waals surface area contributed by atoms with Crippen LogP contribution in [0.2, 0.25) is 0 Å². The van der Waals surface area contributed by atoms with Crippen LogP contribution in [0.1, 0.15) is 50.9 Å². The number of carbonyl (C=O) groups is 3. The Hall–Kier alpha value is -4.77. The predicted molar refractivity (Wildman–Crippen MR) is 151 cm³/mol. The molecule has 0 saturated carbocycles. The van der Waals surface area contributed by atoms with E-state index in [1.54, 1.807) is 42.6 Å². The van der Waals surface area contributed by atoms with Crippen LogP contribution in [-0.2, 0) is 26.0 Å². The number of hydrogen-bond donors (Lipinski definition) is 1. The number of imidazole rings is 1. The van der Waals surface area contributed by atoms with Gasteiger partial charge < -0.3 is 10.1 Å². The van der Waals surface area contributed by atoms with Crippen molar-refractivity contribution < 1.29 is 22.8 Å². The van der Waals surface area contributed by atoms with Gasteiger partial charge in [-0.3, -0.25) is 20.6 Å². The molecule has 216 valence electrons. The summed E-state index contributed by atoms with van der Waals surface area (Å²) in [4.78, 5) is 56.1. The molecule has 1 aliphatic rings. The first-order valence-corrected chi connectivity index (χ1v) is 14.9. The van der Waals surface area contributed by atoms with Crippen molar-refractivity contribution in [3.63, 3.8) is 0 Å². The summed E-state index contributed by atoms with van der Waals surface area (Å²) in [6.07, 6.45) is 5.25. The van der Waals surface area contributed by atoms with Crippen LogP contribution in [0.4, 0.5) is 0 Å². The van der Waals surface area contributed by atoms with Crippen LogP contribution in [0.15, 0.2) is 47.4 Å². The van der Waals surface area contributed by atoms with E-state index in [-0.39, 0.29) is 18.7 Å². The summed E-state index contributed by atoms with van der Waals surface area (Å²) >= 11 is 0. The molecule has 0 bridgehead atoms. The van der Waals surface area contributed by atoms with Gasteiger partial charge in [-0.1, -0.05) is 32.9 Å². The molecule has 1 amide bonds. The van der Waals surface area contributed by atoms with Gasteiger partial charge in [-0.2, -0.15) is 4.31 Å². The molecule has 2 aromatic heterocycles. The van der Waals surface area contributed by atoms with E-state index in [9.17, 15) is 27.6 Å². The fraction of sp³-hybridized carbons (Fsp3) is 0.429. The van der Waals surface area contributed by atoms with Gasteiger partial charge in [-0.15, -0.1) is 5.41 Å². The molecular weight excluding hydrogens is 801 g/mol. The van der Waals surface area contributed by atoms with Crippen molar-refractivity contribution in [3.05, 3.63) is 65.1 Å². The Kier molecular flexibility index (Phi) is 8.54. The second-order valence-electron chi connectivity index (χ2n) is 11.2. The number of ketones is 1. The van der Waals surface area contributed by atoms with Crippen molar-refractivity contribution in [2.24, 2.45) is 5.41 Å². The molecule has 1 aliphatic heterocycles. The van der Waals surface area contributed by atoms with E-state index in [1.807, 2.05) is 20.8 Å². The van der Waals surface area contributed by atoms with Gasteiger partial charge in [0.05, 0.1) is 29.4 Å². The standard InChI is InChI=1S/C28H34N5O6S.Rf/c1-18(34)21(30-26(36)23-9-7-15-31(23)40(5,38)39)16-19-10-12-20(13-11-19)32-25-22(8-6-14-29-25)33(27(32)37)24(35)17-28(2,3)4;/h6,8,10-14,17,21,23H,7,9,15-16H2,1-5H3,(H,30,36);/q-1;/t21-,23?;/m0./s1. The van der Waals surface area contributed by atoms with E-state index in [0.717, 1.165) is 16.4 Å². The van der Waals surface area contributed by atoms with Crippen molar-refractivity contribution in [2.45, 2.75) is 59.0 Å². The number of hydrogen-bond acceptors (Lipinski definition) is 7. The number of amides is 1. The number of rotatable bonds is 8. The zero-order chi connectivity index (χ0) is 29.4. The van der Waals surface area contributed by atoms with Crippen molar-refractivity contribution in [1.29, 1.82) is 0 Å². The van der Waals surface area contributed by atoms with Gasteiger partial charge in [0.2, 0.25) is 15.9 Å². The quantitative estimate of drug-likeness (QED) is 0.343. The van der Waals surface area contributed by atoms with E-state index in [1.165, 1.54) is 22.2 Å². The number of nitrogens with one attached hydrogen (secondary N) is 1. The van der Waals surface area contributed by atoms with Crippen LogP contribution in [0.25, 0.3) is 16.9 Å². The fourth-order valence-corrected chi connectivity index (χ4v) is 6.01. The fourth-order valence-electron chi connectivity index (χ4n) is 4.89. The maximum absolute atomic E-state index is 13.4. The number of sulfonamides is 1. The Bertz CT molecular complexity index is 1620. The molecule has 1 saturated heterocycles. The van der Waals surface area contributed by atoms with Gasteiger partial charge in [-0.05, 0) is 56.0 Å². The van der Waals surface area contributed by atoms with Crippen LogP contribution in [0.3, 0.4) is 0 Å². The molecule has 1 unspecified atom stereocenters. The molecule has 1 N–H and O–H groups in total. The third kappa shape index (κ3) is 6.52. The first-order valence-electron chi connectivity index (χ1n) is 13.0. The summed E-state index contributed by atoms with van der Waals surface area (Å²) in [5.74, 6) is -1.21. The van der Waals surface area contributed by atoms with Gasteiger partial charge >= 0.3 is 5.69 Å². The minimum absolute atomic E-state index is 0. The summed E-state index contributed by atoms with van der Waals surface area (Å²) in [6.45, 7) is 7.26. The maximum Gasteiger partial charge on any atom is 0.339 e. The van der Waals surface area contributed by atoms with Crippen LogP contribution in [-0.4, -0.2) is 69.3 Å². The van der Waals surface area contributed by atoms with Crippen molar-refractivity contribution >= 4 is 38.8 Å². The van der Waals surface area contributed by atoms with Crippen molar-refractivity contribution in [3.8, 4) is 5.69 Å². The largest absolute Gasteiger partial charge is 0.345 e. The zero-order valence-electron chi connectivity index (χ0n) is 24.0. The number of aromatic nitrogens is 3. The summed E-state index contributed by atoms with van der Waals surface area (Å²) in [5, 5.41) is 2.72. The molecule has 0 radical (unpaired) electrons. The number of pyridine rings is 1. The Labute approximate surface area is 233 Å². The van der Waals surface area contributed by atoms with E-state index in [4.69, 9.17) is 0 Å². The normalized spacial score (nSPS) is 16.7. The molecule has 0 aliphatic carbocycles. The summed E-state index contributed by atoms with van der Waals surface area (Å²) < 4.78 is 27.7. The second kappa shape index (κ2) is 11.4. The predicted octanol–water partition coefficient (Wildman–Crippen LogP) is 2.12. The number of Topliss-reactive ketones (excluding diaryl/α,β-unsaturated/α-hetero) is 1. The van der Waals surface area contributed by atoms with Crippen LogP contribution in [0, 0.1) is 11.8 Å². The number of fused-ring (bicyclic) bond motifs is 1. The molecule has 0 spiro atoms. The number of benzene rings is 1. The molecule has 41 heavy (non-hydrogen) atoms. The van der Waals surface area contributed by atoms with E-state index in [0.29, 0.717) is 29.7 Å². The minimum Gasteiger partial charge on any atom is -0.345 e. The zero-order valence-corrected chi connectivity index (χ0v) is 31.2. The Morgan fingerprint density at radius 3 is 2.39 bits per heavy atom. The van der Waals surface area contributed by atoms with Crippen LogP contribution in [0.5, 0.6) is 0 Å². The molecular formula is C28H34N5O6RfS-. The molecule has 3 aromatic rings. The van der Waals surface area contributed by atoms with E-state index >= 15 is 0 Å². The SMILES string of the molecule is CC(=O)[C@H](Cc1ccc(-n2c(=O)n(C(=O)[CH-]C(C)(C)C)c3cccnc32)cc1)NC(=O)C1CCCN1S(C)(=O)=O.[Rf]. The van der Waals surface area contributed by atoms with Crippen molar-refractivity contribution in [2.75, 3.05) is 12.8 Å². The average molecular weight is 836 g/mol. The summed E-state index contributed by atoms with van der Waals surface area (Å²) in [5.41, 5.74) is 0.940. The van der Waals surface area contributed by atoms with Gasteiger partial charge in [0.15, 0.2) is 11.4 Å². The Balaban J connectivity index is 0.00000462. The smallest absolute Gasteiger partial charge is 0.339 e. The molecule has 1 aromatic carbocycles. The molecule has 13 heteroatoms. The molecule has 3 heterocycles. The topological polar surface area (TPSA) is 140 Å². The van der Waals surface area contributed by atoms with Gasteiger partial charge in [-0.25, -0.2) is 22.8 Å². The third-order valence-corrected chi connectivity index (χ3v) is 8.04. The Morgan fingerprint density at radius 2 is 1.80 bits per heavy atom. The first kappa shape index (κ1) is 30.8. The maximum atomic E-state index is 13.4. The van der Waals surface area contributed by atoms with Crippen LogP contribution >= 0.6 is 0 Å². The summed E-state index contributed by atoms with van der Waals surface area (Å²) in [6, 6.07) is 8.48. The first-order chi connectivity index (χ1) is 18.7. The van der Waals surface area contributed by atoms with Gasteiger partial charge in [0.25, 0.3) is 0 Å². The van der Waals surface area contributed by atoms with Gasteiger partial charge in [0, 0.05) is 12.7 Å². The monoisotopic (exact) mass is 835 g/mol. The van der Waals surface area contributed by atoms with Crippen molar-refractivity contribution in [1.82, 2.24) is 23.7 Å². The second-order valence-corrected chi connectivity index (χ2v) is 13.2. The Morgan fingerprint density at radius 1 is 1.15 bits per heavy atom.